The molecule has 1 aromatic carbocycles. The lowest BCUT2D eigenvalue weighted by atomic mass is 10.0. The molecule has 0 bridgehead atoms. The van der Waals surface area contributed by atoms with Gasteiger partial charge in [-0.1, -0.05) is 46.9 Å². The molecule has 102 valence electrons. The number of benzene rings is 1. The summed E-state index contributed by atoms with van der Waals surface area (Å²) in [6.07, 6.45) is 3.40. The van der Waals surface area contributed by atoms with Gasteiger partial charge in [-0.05, 0) is 50.7 Å². The van der Waals surface area contributed by atoms with Crippen LogP contribution in [0.3, 0.4) is 0 Å². The molecule has 1 aromatic rings. The summed E-state index contributed by atoms with van der Waals surface area (Å²) in [6.45, 7) is 4.35. The van der Waals surface area contributed by atoms with Crippen molar-refractivity contribution in [2.75, 3.05) is 20.1 Å². The first kappa shape index (κ1) is 16.0. The van der Waals surface area contributed by atoms with Crippen LogP contribution in [0.2, 0.25) is 5.02 Å². The van der Waals surface area contributed by atoms with Crippen LogP contribution in [0.4, 0.5) is 0 Å². The second kappa shape index (κ2) is 8.16. The molecule has 1 atom stereocenters. The maximum atomic E-state index is 6.20. The van der Waals surface area contributed by atoms with E-state index >= 15 is 0 Å². The van der Waals surface area contributed by atoms with E-state index in [4.69, 9.17) is 17.3 Å². The molecular weight excluding hydrogens is 312 g/mol. The highest BCUT2D eigenvalue weighted by Crippen LogP contribution is 2.26. The Hall–Kier alpha value is -0.0900. The third kappa shape index (κ3) is 5.27. The van der Waals surface area contributed by atoms with E-state index in [1.54, 1.807) is 0 Å². The van der Waals surface area contributed by atoms with Gasteiger partial charge in [0.05, 0.1) is 0 Å². The lowest BCUT2D eigenvalue weighted by Gasteiger charge is -2.20. The average Bonchev–Trinajstić information content (AvgIpc) is 2.33. The standard InChI is InChI=1S/C14H22BrClN2/c1-3-4-8-18(2)9-7-14(17)12-6-5-11(15)10-13(12)16/h5-6,10,14H,3-4,7-9,17H2,1-2H3. The number of unbranched alkanes of at least 4 members (excludes halogenated alkanes) is 1. The van der Waals surface area contributed by atoms with Gasteiger partial charge in [-0.2, -0.15) is 0 Å². The smallest absolute Gasteiger partial charge is 0.0464 e. The predicted octanol–water partition coefficient (Wildman–Crippen LogP) is 4.22. The largest absolute Gasteiger partial charge is 0.324 e. The van der Waals surface area contributed by atoms with Gasteiger partial charge >= 0.3 is 0 Å². The molecule has 0 aliphatic rings. The molecule has 0 saturated carbocycles. The minimum atomic E-state index is 0.00896. The quantitative estimate of drug-likeness (QED) is 0.809. The molecule has 1 unspecified atom stereocenters. The molecule has 18 heavy (non-hydrogen) atoms. The van der Waals surface area contributed by atoms with Crippen LogP contribution in [0.15, 0.2) is 22.7 Å². The van der Waals surface area contributed by atoms with E-state index < -0.39 is 0 Å². The minimum absolute atomic E-state index is 0.00896. The van der Waals surface area contributed by atoms with Crippen molar-refractivity contribution in [1.29, 1.82) is 0 Å². The second-order valence-corrected chi connectivity index (χ2v) is 6.04. The van der Waals surface area contributed by atoms with E-state index in [-0.39, 0.29) is 6.04 Å². The number of nitrogens with two attached hydrogens (primary N) is 1. The van der Waals surface area contributed by atoms with Crippen LogP contribution >= 0.6 is 27.5 Å². The summed E-state index contributed by atoms with van der Waals surface area (Å²) in [6, 6.07) is 5.90. The van der Waals surface area contributed by atoms with Crippen LogP contribution in [0.25, 0.3) is 0 Å². The van der Waals surface area contributed by atoms with Gasteiger partial charge in [0.15, 0.2) is 0 Å². The number of rotatable bonds is 7. The number of halogens is 2. The molecule has 2 N–H and O–H groups in total. The fourth-order valence-electron chi connectivity index (χ4n) is 1.86. The van der Waals surface area contributed by atoms with Gasteiger partial charge < -0.3 is 10.6 Å². The zero-order valence-corrected chi connectivity index (χ0v) is 13.5. The molecule has 0 radical (unpaired) electrons. The van der Waals surface area contributed by atoms with Crippen molar-refractivity contribution in [1.82, 2.24) is 4.90 Å². The molecule has 0 saturated heterocycles. The van der Waals surface area contributed by atoms with Gasteiger partial charge in [0.25, 0.3) is 0 Å². The summed E-state index contributed by atoms with van der Waals surface area (Å²) < 4.78 is 0.989. The van der Waals surface area contributed by atoms with E-state index in [2.05, 4.69) is 34.8 Å². The number of hydrogen-bond acceptors (Lipinski definition) is 2. The highest BCUT2D eigenvalue weighted by molar-refractivity contribution is 9.10. The summed E-state index contributed by atoms with van der Waals surface area (Å²) in [4.78, 5) is 2.33. The third-order valence-corrected chi connectivity index (χ3v) is 3.90. The van der Waals surface area contributed by atoms with E-state index in [1.165, 1.54) is 12.8 Å². The summed E-state index contributed by atoms with van der Waals surface area (Å²) >= 11 is 9.60. The van der Waals surface area contributed by atoms with Crippen LogP contribution < -0.4 is 5.73 Å². The zero-order valence-electron chi connectivity index (χ0n) is 11.1. The Labute approximate surface area is 124 Å². The van der Waals surface area contributed by atoms with E-state index in [0.29, 0.717) is 0 Å². The van der Waals surface area contributed by atoms with Crippen molar-refractivity contribution in [3.63, 3.8) is 0 Å². The minimum Gasteiger partial charge on any atom is -0.324 e. The zero-order chi connectivity index (χ0) is 13.5. The summed E-state index contributed by atoms with van der Waals surface area (Å²) in [5, 5.41) is 0.744. The molecule has 0 fully saturated rings. The molecule has 0 aliphatic carbocycles. The van der Waals surface area contributed by atoms with Crippen molar-refractivity contribution in [3.05, 3.63) is 33.3 Å². The Kier molecular flexibility index (Phi) is 7.23. The highest BCUT2D eigenvalue weighted by atomic mass is 79.9. The predicted molar refractivity (Wildman–Crippen MR) is 83.1 cm³/mol. The van der Waals surface area contributed by atoms with Gasteiger partial charge in [0.2, 0.25) is 0 Å². The topological polar surface area (TPSA) is 29.3 Å². The fraction of sp³-hybridized carbons (Fsp3) is 0.571. The molecule has 2 nitrogen and oxygen atoms in total. The average molecular weight is 334 g/mol. The third-order valence-electron chi connectivity index (χ3n) is 3.08. The number of hydrogen-bond donors (Lipinski definition) is 1. The fourth-order valence-corrected chi connectivity index (χ4v) is 2.67. The Bertz CT molecular complexity index is 371. The molecule has 0 aromatic heterocycles. The second-order valence-electron chi connectivity index (χ2n) is 4.72. The monoisotopic (exact) mass is 332 g/mol. The molecule has 0 aliphatic heterocycles. The highest BCUT2D eigenvalue weighted by Gasteiger charge is 2.11. The molecule has 0 amide bonds. The van der Waals surface area contributed by atoms with Crippen LogP contribution in [-0.4, -0.2) is 25.0 Å². The van der Waals surface area contributed by atoms with Crippen LogP contribution in [0, 0.1) is 0 Å². The normalized spacial score (nSPS) is 13.0. The molecule has 1 rings (SSSR count). The first-order valence-electron chi connectivity index (χ1n) is 6.43. The SMILES string of the molecule is CCCCN(C)CCC(N)c1ccc(Br)cc1Cl. The molecule has 4 heteroatoms. The Morgan fingerprint density at radius 3 is 2.72 bits per heavy atom. The van der Waals surface area contributed by atoms with Crippen molar-refractivity contribution < 1.29 is 0 Å². The van der Waals surface area contributed by atoms with Gasteiger partial charge in [-0.15, -0.1) is 0 Å². The van der Waals surface area contributed by atoms with Gasteiger partial charge in [-0.25, -0.2) is 0 Å². The van der Waals surface area contributed by atoms with E-state index in [0.717, 1.165) is 34.6 Å². The summed E-state index contributed by atoms with van der Waals surface area (Å²) in [7, 11) is 2.14. The summed E-state index contributed by atoms with van der Waals surface area (Å²) in [5.41, 5.74) is 7.23. The van der Waals surface area contributed by atoms with Crippen LogP contribution in [0.5, 0.6) is 0 Å². The summed E-state index contributed by atoms with van der Waals surface area (Å²) in [5.74, 6) is 0. The maximum Gasteiger partial charge on any atom is 0.0464 e. The van der Waals surface area contributed by atoms with Gasteiger partial charge in [-0.3, -0.25) is 0 Å². The lowest BCUT2D eigenvalue weighted by molar-refractivity contribution is 0.313. The van der Waals surface area contributed by atoms with Crippen molar-refractivity contribution >= 4 is 27.5 Å². The van der Waals surface area contributed by atoms with Crippen molar-refractivity contribution in [2.45, 2.75) is 32.2 Å². The first-order valence-corrected chi connectivity index (χ1v) is 7.60. The molecule has 0 spiro atoms. The number of nitrogens with zero attached hydrogens (tertiary/aromatic N) is 1. The first-order chi connectivity index (χ1) is 8.54. The Morgan fingerprint density at radius 2 is 2.11 bits per heavy atom. The van der Waals surface area contributed by atoms with Crippen LogP contribution in [0.1, 0.15) is 37.8 Å². The Balaban J connectivity index is 2.47. The molecular formula is C14H22BrClN2. The van der Waals surface area contributed by atoms with Crippen LogP contribution in [-0.2, 0) is 0 Å². The van der Waals surface area contributed by atoms with E-state index in [9.17, 15) is 0 Å². The van der Waals surface area contributed by atoms with Crippen molar-refractivity contribution in [2.24, 2.45) is 5.73 Å². The molecule has 0 heterocycles. The lowest BCUT2D eigenvalue weighted by Crippen LogP contribution is -2.24. The van der Waals surface area contributed by atoms with Gasteiger partial charge in [0.1, 0.15) is 0 Å². The van der Waals surface area contributed by atoms with Gasteiger partial charge in [0, 0.05) is 15.5 Å². The van der Waals surface area contributed by atoms with Crippen molar-refractivity contribution in [3.8, 4) is 0 Å². The maximum absolute atomic E-state index is 6.20. The van der Waals surface area contributed by atoms with E-state index in [1.807, 2.05) is 18.2 Å². The Morgan fingerprint density at radius 1 is 1.39 bits per heavy atom.